The molecule has 1 aromatic heterocycles. The highest BCUT2D eigenvalue weighted by Gasteiger charge is 2.02. The van der Waals surface area contributed by atoms with Crippen molar-refractivity contribution in [3.8, 4) is 0 Å². The molecule has 0 N–H and O–H groups in total. The Morgan fingerprint density at radius 3 is 2.57 bits per heavy atom. The van der Waals surface area contributed by atoms with Gasteiger partial charge in [0.05, 0.1) is 12.9 Å². The van der Waals surface area contributed by atoms with E-state index in [4.69, 9.17) is 0 Å². The molecule has 0 radical (unpaired) electrons. The molecule has 5 nitrogen and oxygen atoms in total. The van der Waals surface area contributed by atoms with Crippen LogP contribution in [0.1, 0.15) is 5.56 Å². The normalized spacial score (nSPS) is 11.6. The Balaban J connectivity index is 2.79. The number of nitrogens with zero attached hydrogens (tertiary/aromatic N) is 1. The SMILES string of the molecule is Cn1cc(COS(C)(=O)=O)ccc1=O. The lowest BCUT2D eigenvalue weighted by atomic mass is 10.3. The molecule has 0 amide bonds. The number of aromatic nitrogens is 1. The number of rotatable bonds is 3. The molecule has 78 valence electrons. The van der Waals surface area contributed by atoms with Crippen molar-refractivity contribution in [1.29, 1.82) is 0 Å². The minimum Gasteiger partial charge on any atom is -0.318 e. The summed E-state index contributed by atoms with van der Waals surface area (Å²) in [7, 11) is -1.84. The molecule has 14 heavy (non-hydrogen) atoms. The fourth-order valence-electron chi connectivity index (χ4n) is 0.912. The Labute approximate surface area is 82.1 Å². The van der Waals surface area contributed by atoms with Crippen LogP contribution in [0.3, 0.4) is 0 Å². The Morgan fingerprint density at radius 1 is 1.43 bits per heavy atom. The fourth-order valence-corrected chi connectivity index (χ4v) is 1.26. The zero-order valence-electron chi connectivity index (χ0n) is 7.93. The van der Waals surface area contributed by atoms with Crippen LogP contribution in [-0.2, 0) is 28.0 Å². The van der Waals surface area contributed by atoms with Crippen LogP contribution in [-0.4, -0.2) is 19.2 Å². The van der Waals surface area contributed by atoms with Gasteiger partial charge in [0.2, 0.25) is 5.56 Å². The standard InChI is InChI=1S/C8H11NO4S/c1-9-5-7(3-4-8(9)10)6-13-14(2,11)12/h3-5H,6H2,1-2H3. The summed E-state index contributed by atoms with van der Waals surface area (Å²) in [6.45, 7) is -0.0487. The van der Waals surface area contributed by atoms with Gasteiger partial charge in [0, 0.05) is 19.3 Å². The first-order chi connectivity index (χ1) is 6.38. The van der Waals surface area contributed by atoms with Gasteiger partial charge in [0.15, 0.2) is 0 Å². The van der Waals surface area contributed by atoms with Crippen LogP contribution in [0, 0.1) is 0 Å². The molecule has 0 bridgehead atoms. The second kappa shape index (κ2) is 3.93. The van der Waals surface area contributed by atoms with Crippen molar-refractivity contribution < 1.29 is 12.6 Å². The average Bonchev–Trinajstić information content (AvgIpc) is 2.06. The molecule has 0 unspecified atom stereocenters. The molecule has 1 aromatic rings. The number of pyridine rings is 1. The molecule has 6 heteroatoms. The molecule has 0 aromatic carbocycles. The summed E-state index contributed by atoms with van der Waals surface area (Å²) in [6, 6.07) is 2.90. The second-order valence-corrected chi connectivity index (χ2v) is 4.60. The fraction of sp³-hybridized carbons (Fsp3) is 0.375. The van der Waals surface area contributed by atoms with Crippen molar-refractivity contribution in [2.75, 3.05) is 6.26 Å². The maximum absolute atomic E-state index is 11.0. The molecule has 1 heterocycles. The minimum absolute atomic E-state index is 0.0487. The number of hydrogen-bond donors (Lipinski definition) is 0. The zero-order chi connectivity index (χ0) is 10.8. The van der Waals surface area contributed by atoms with Crippen LogP contribution in [0.4, 0.5) is 0 Å². The van der Waals surface area contributed by atoms with E-state index in [1.165, 1.54) is 22.9 Å². The van der Waals surface area contributed by atoms with Crippen molar-refractivity contribution in [3.63, 3.8) is 0 Å². The van der Waals surface area contributed by atoms with Gasteiger partial charge in [-0.15, -0.1) is 0 Å². The van der Waals surface area contributed by atoms with Gasteiger partial charge in [-0.3, -0.25) is 8.98 Å². The van der Waals surface area contributed by atoms with Gasteiger partial charge < -0.3 is 4.57 Å². The lowest BCUT2D eigenvalue weighted by Crippen LogP contribution is -2.15. The first-order valence-corrected chi connectivity index (χ1v) is 5.70. The van der Waals surface area contributed by atoms with E-state index in [9.17, 15) is 13.2 Å². The van der Waals surface area contributed by atoms with Gasteiger partial charge in [-0.1, -0.05) is 0 Å². The predicted molar refractivity (Wildman–Crippen MR) is 51.3 cm³/mol. The Kier molecular flexibility index (Phi) is 3.07. The van der Waals surface area contributed by atoms with E-state index in [-0.39, 0.29) is 12.2 Å². The third-order valence-corrected chi connectivity index (χ3v) is 2.13. The first kappa shape index (κ1) is 10.9. The molecular formula is C8H11NO4S. The van der Waals surface area contributed by atoms with E-state index in [0.717, 1.165) is 6.26 Å². The third kappa shape index (κ3) is 3.31. The van der Waals surface area contributed by atoms with Crippen LogP contribution in [0.25, 0.3) is 0 Å². The van der Waals surface area contributed by atoms with Gasteiger partial charge in [-0.05, 0) is 11.6 Å². The zero-order valence-corrected chi connectivity index (χ0v) is 8.74. The summed E-state index contributed by atoms with van der Waals surface area (Å²) in [5.74, 6) is 0. The van der Waals surface area contributed by atoms with Crippen LogP contribution < -0.4 is 5.56 Å². The van der Waals surface area contributed by atoms with Crippen molar-refractivity contribution in [2.24, 2.45) is 7.05 Å². The van der Waals surface area contributed by atoms with E-state index in [2.05, 4.69) is 4.18 Å². The Hall–Kier alpha value is -1.14. The molecule has 0 spiro atoms. The average molecular weight is 217 g/mol. The summed E-state index contributed by atoms with van der Waals surface area (Å²) in [4.78, 5) is 11.0. The highest BCUT2D eigenvalue weighted by molar-refractivity contribution is 7.85. The van der Waals surface area contributed by atoms with Gasteiger partial charge in [-0.25, -0.2) is 0 Å². The van der Waals surface area contributed by atoms with Gasteiger partial charge in [0.25, 0.3) is 10.1 Å². The second-order valence-electron chi connectivity index (χ2n) is 2.95. The van der Waals surface area contributed by atoms with E-state index in [0.29, 0.717) is 5.56 Å². The van der Waals surface area contributed by atoms with Crippen LogP contribution in [0.5, 0.6) is 0 Å². The third-order valence-electron chi connectivity index (χ3n) is 1.59. The highest BCUT2D eigenvalue weighted by Crippen LogP contribution is 2.00. The summed E-state index contributed by atoms with van der Waals surface area (Å²) in [6.07, 6.45) is 2.52. The van der Waals surface area contributed by atoms with Crippen molar-refractivity contribution in [3.05, 3.63) is 34.2 Å². The number of hydrogen-bond acceptors (Lipinski definition) is 4. The van der Waals surface area contributed by atoms with E-state index in [1.54, 1.807) is 7.05 Å². The molecule has 0 aliphatic rings. The maximum atomic E-state index is 11.0. The minimum atomic E-state index is -3.43. The molecule has 0 saturated carbocycles. The first-order valence-electron chi connectivity index (χ1n) is 3.88. The van der Waals surface area contributed by atoms with E-state index >= 15 is 0 Å². The summed E-state index contributed by atoms with van der Waals surface area (Å²) in [5, 5.41) is 0. The van der Waals surface area contributed by atoms with Gasteiger partial charge >= 0.3 is 0 Å². The number of aryl methyl sites for hydroxylation is 1. The summed E-state index contributed by atoms with van der Waals surface area (Å²) >= 11 is 0. The van der Waals surface area contributed by atoms with Crippen molar-refractivity contribution in [2.45, 2.75) is 6.61 Å². The molecule has 0 saturated heterocycles. The predicted octanol–water partition coefficient (Wildman–Crippen LogP) is -0.139. The molecule has 0 atom stereocenters. The highest BCUT2D eigenvalue weighted by atomic mass is 32.2. The van der Waals surface area contributed by atoms with Crippen LogP contribution in [0.15, 0.2) is 23.1 Å². The van der Waals surface area contributed by atoms with Crippen molar-refractivity contribution >= 4 is 10.1 Å². The van der Waals surface area contributed by atoms with Gasteiger partial charge in [-0.2, -0.15) is 8.42 Å². The lowest BCUT2D eigenvalue weighted by Gasteiger charge is -2.03. The van der Waals surface area contributed by atoms with E-state index in [1.807, 2.05) is 0 Å². The summed E-state index contributed by atoms with van der Waals surface area (Å²) in [5.41, 5.74) is 0.491. The molecule has 0 fully saturated rings. The Morgan fingerprint density at radius 2 is 2.07 bits per heavy atom. The maximum Gasteiger partial charge on any atom is 0.264 e. The van der Waals surface area contributed by atoms with Crippen LogP contribution >= 0.6 is 0 Å². The monoisotopic (exact) mass is 217 g/mol. The van der Waals surface area contributed by atoms with E-state index < -0.39 is 10.1 Å². The lowest BCUT2D eigenvalue weighted by molar-refractivity contribution is 0.310. The molecule has 0 aliphatic carbocycles. The quantitative estimate of drug-likeness (QED) is 0.661. The topological polar surface area (TPSA) is 65.4 Å². The molecule has 0 aliphatic heterocycles. The largest absolute Gasteiger partial charge is 0.318 e. The van der Waals surface area contributed by atoms with Crippen LogP contribution in [0.2, 0.25) is 0 Å². The van der Waals surface area contributed by atoms with Crippen molar-refractivity contribution in [1.82, 2.24) is 4.57 Å². The smallest absolute Gasteiger partial charge is 0.264 e. The summed E-state index contributed by atoms with van der Waals surface area (Å²) < 4.78 is 27.3. The molecular weight excluding hydrogens is 206 g/mol. The molecule has 1 rings (SSSR count). The Bertz CT molecular complexity index is 474. The van der Waals surface area contributed by atoms with Gasteiger partial charge in [0.1, 0.15) is 0 Å².